The van der Waals surface area contributed by atoms with Crippen LogP contribution in [0.3, 0.4) is 0 Å². The smallest absolute Gasteiger partial charge is 0.186 e. The highest BCUT2D eigenvalue weighted by Gasteiger charge is 2.08. The summed E-state index contributed by atoms with van der Waals surface area (Å²) in [6.07, 6.45) is 0. The van der Waals surface area contributed by atoms with Crippen LogP contribution in [0.25, 0.3) is 0 Å². The van der Waals surface area contributed by atoms with Crippen molar-refractivity contribution in [3.63, 3.8) is 0 Å². The van der Waals surface area contributed by atoms with Gasteiger partial charge in [-0.3, -0.25) is 0 Å². The molecule has 1 aromatic carbocycles. The van der Waals surface area contributed by atoms with Gasteiger partial charge in [0.15, 0.2) is 11.1 Å². The molecule has 1 atom stereocenters. The Hall–Kier alpha value is -0.870. The molecule has 0 saturated heterocycles. The molecule has 1 aromatic rings. The highest BCUT2D eigenvalue weighted by atomic mass is 32.2. The lowest BCUT2D eigenvalue weighted by Crippen LogP contribution is -1.96. The minimum absolute atomic E-state index is 0.405. The zero-order valence-corrected chi connectivity index (χ0v) is 8.64. The SMILES string of the molecule is COc1cc(S(=O)O)c(C)cc1C. The fourth-order valence-corrected chi connectivity index (χ4v) is 1.76. The summed E-state index contributed by atoms with van der Waals surface area (Å²) in [5.74, 6) is 0.642. The summed E-state index contributed by atoms with van der Waals surface area (Å²) in [4.78, 5) is 0.405. The van der Waals surface area contributed by atoms with Crippen molar-refractivity contribution in [2.75, 3.05) is 7.11 Å². The molecule has 1 rings (SSSR count). The number of aryl methyl sites for hydroxylation is 2. The molecule has 0 fully saturated rings. The summed E-state index contributed by atoms with van der Waals surface area (Å²) in [5.41, 5.74) is 1.77. The van der Waals surface area contributed by atoms with Gasteiger partial charge in [0.25, 0.3) is 0 Å². The standard InChI is InChI=1S/C9H12O3S/c1-6-4-7(2)9(13(10)11)5-8(6)12-3/h4-5H,1-3H3,(H,10,11). The molecule has 0 aliphatic rings. The van der Waals surface area contributed by atoms with Gasteiger partial charge in [-0.2, -0.15) is 0 Å². The second kappa shape index (κ2) is 3.89. The van der Waals surface area contributed by atoms with Crippen molar-refractivity contribution in [1.29, 1.82) is 0 Å². The van der Waals surface area contributed by atoms with Crippen molar-refractivity contribution < 1.29 is 13.5 Å². The highest BCUT2D eigenvalue weighted by Crippen LogP contribution is 2.24. The van der Waals surface area contributed by atoms with Crippen molar-refractivity contribution in [3.8, 4) is 5.75 Å². The van der Waals surface area contributed by atoms with Crippen molar-refractivity contribution in [3.05, 3.63) is 23.3 Å². The fraction of sp³-hybridized carbons (Fsp3) is 0.333. The van der Waals surface area contributed by atoms with Crippen molar-refractivity contribution in [2.45, 2.75) is 18.7 Å². The maximum Gasteiger partial charge on any atom is 0.186 e. The van der Waals surface area contributed by atoms with E-state index in [1.54, 1.807) is 20.1 Å². The van der Waals surface area contributed by atoms with Crippen LogP contribution in [0.1, 0.15) is 11.1 Å². The third-order valence-corrected chi connectivity index (χ3v) is 2.70. The number of ether oxygens (including phenoxy) is 1. The third kappa shape index (κ3) is 2.08. The van der Waals surface area contributed by atoms with E-state index in [2.05, 4.69) is 0 Å². The number of methoxy groups -OCH3 is 1. The zero-order chi connectivity index (χ0) is 10.0. The number of rotatable bonds is 2. The molecule has 0 aromatic heterocycles. The molecule has 0 heterocycles. The largest absolute Gasteiger partial charge is 0.496 e. The van der Waals surface area contributed by atoms with Crippen molar-refractivity contribution in [2.24, 2.45) is 0 Å². The maximum absolute atomic E-state index is 10.9. The Morgan fingerprint density at radius 2 is 1.92 bits per heavy atom. The van der Waals surface area contributed by atoms with Crippen LogP contribution in [0.2, 0.25) is 0 Å². The Morgan fingerprint density at radius 3 is 2.38 bits per heavy atom. The Morgan fingerprint density at radius 1 is 1.31 bits per heavy atom. The van der Waals surface area contributed by atoms with E-state index in [1.165, 1.54) is 0 Å². The topological polar surface area (TPSA) is 46.5 Å². The van der Waals surface area contributed by atoms with E-state index in [0.717, 1.165) is 11.1 Å². The molecule has 0 bridgehead atoms. The second-order valence-corrected chi connectivity index (χ2v) is 3.77. The van der Waals surface area contributed by atoms with Crippen LogP contribution in [0.5, 0.6) is 5.75 Å². The lowest BCUT2D eigenvalue weighted by molar-refractivity contribution is 0.410. The minimum atomic E-state index is -1.94. The van der Waals surface area contributed by atoms with E-state index >= 15 is 0 Å². The molecule has 1 N–H and O–H groups in total. The lowest BCUT2D eigenvalue weighted by atomic mass is 10.1. The van der Waals surface area contributed by atoms with E-state index in [0.29, 0.717) is 10.6 Å². The second-order valence-electron chi connectivity index (χ2n) is 2.84. The van der Waals surface area contributed by atoms with Gasteiger partial charge in [0.05, 0.1) is 12.0 Å². The molecule has 0 spiro atoms. The van der Waals surface area contributed by atoms with Crippen LogP contribution in [0, 0.1) is 13.8 Å². The monoisotopic (exact) mass is 200 g/mol. The van der Waals surface area contributed by atoms with Gasteiger partial charge in [-0.05, 0) is 31.0 Å². The van der Waals surface area contributed by atoms with Crippen molar-refractivity contribution in [1.82, 2.24) is 0 Å². The summed E-state index contributed by atoms with van der Waals surface area (Å²) >= 11 is -1.94. The maximum atomic E-state index is 10.9. The van der Waals surface area contributed by atoms with Crippen LogP contribution in [0.4, 0.5) is 0 Å². The van der Waals surface area contributed by atoms with Crippen LogP contribution in [-0.4, -0.2) is 15.9 Å². The minimum Gasteiger partial charge on any atom is -0.496 e. The van der Waals surface area contributed by atoms with Crippen LogP contribution >= 0.6 is 0 Å². The molecule has 4 heteroatoms. The van der Waals surface area contributed by atoms with Gasteiger partial charge in [-0.1, -0.05) is 6.07 Å². The van der Waals surface area contributed by atoms with Gasteiger partial charge in [0.2, 0.25) is 0 Å². The highest BCUT2D eigenvalue weighted by molar-refractivity contribution is 7.79. The molecule has 3 nitrogen and oxygen atoms in total. The van der Waals surface area contributed by atoms with E-state index < -0.39 is 11.1 Å². The lowest BCUT2D eigenvalue weighted by Gasteiger charge is -2.08. The number of benzene rings is 1. The Bertz CT molecular complexity index is 347. The van der Waals surface area contributed by atoms with Gasteiger partial charge in [-0.25, -0.2) is 4.21 Å². The summed E-state index contributed by atoms with van der Waals surface area (Å²) in [5, 5.41) is 0. The summed E-state index contributed by atoms with van der Waals surface area (Å²) in [7, 11) is 1.54. The number of hydrogen-bond donors (Lipinski definition) is 1. The first-order chi connectivity index (χ1) is 6.06. The molecular formula is C9H12O3S. The summed E-state index contributed by atoms with van der Waals surface area (Å²) in [6, 6.07) is 3.43. The van der Waals surface area contributed by atoms with Crippen LogP contribution in [0.15, 0.2) is 17.0 Å². The molecule has 0 aliphatic carbocycles. The average molecular weight is 200 g/mol. The summed E-state index contributed by atoms with van der Waals surface area (Å²) < 4.78 is 24.8. The van der Waals surface area contributed by atoms with E-state index in [4.69, 9.17) is 9.29 Å². The molecule has 72 valence electrons. The van der Waals surface area contributed by atoms with Crippen molar-refractivity contribution >= 4 is 11.1 Å². The average Bonchev–Trinajstić information content (AvgIpc) is 2.03. The van der Waals surface area contributed by atoms with E-state index in [9.17, 15) is 4.21 Å². The normalized spacial score (nSPS) is 12.6. The Labute approximate surface area is 80.0 Å². The molecule has 0 amide bonds. The summed E-state index contributed by atoms with van der Waals surface area (Å²) in [6.45, 7) is 3.70. The first kappa shape index (κ1) is 10.2. The molecule has 0 radical (unpaired) electrons. The zero-order valence-electron chi connectivity index (χ0n) is 7.83. The molecular weight excluding hydrogens is 188 g/mol. The number of hydrogen-bond acceptors (Lipinski definition) is 2. The van der Waals surface area contributed by atoms with Gasteiger partial charge in [0.1, 0.15) is 5.75 Å². The molecule has 0 aliphatic heterocycles. The quantitative estimate of drug-likeness (QED) is 0.741. The molecule has 1 unspecified atom stereocenters. The fourth-order valence-electron chi connectivity index (χ4n) is 1.22. The first-order valence-corrected chi connectivity index (χ1v) is 4.93. The first-order valence-electron chi connectivity index (χ1n) is 3.82. The van der Waals surface area contributed by atoms with E-state index in [1.807, 2.05) is 13.0 Å². The van der Waals surface area contributed by atoms with Gasteiger partial charge in [0, 0.05) is 0 Å². The van der Waals surface area contributed by atoms with Gasteiger partial charge >= 0.3 is 0 Å². The molecule has 13 heavy (non-hydrogen) atoms. The van der Waals surface area contributed by atoms with Gasteiger partial charge < -0.3 is 9.29 Å². The van der Waals surface area contributed by atoms with Gasteiger partial charge in [-0.15, -0.1) is 0 Å². The molecule has 0 saturated carbocycles. The Balaban J connectivity index is 3.30. The van der Waals surface area contributed by atoms with Crippen LogP contribution < -0.4 is 4.74 Å². The van der Waals surface area contributed by atoms with Crippen LogP contribution in [-0.2, 0) is 11.1 Å². The predicted molar refractivity (Wildman–Crippen MR) is 51.5 cm³/mol. The Kier molecular flexibility index (Phi) is 3.06. The van der Waals surface area contributed by atoms with E-state index in [-0.39, 0.29) is 0 Å². The predicted octanol–water partition coefficient (Wildman–Crippen LogP) is 1.89. The third-order valence-electron chi connectivity index (χ3n) is 1.88.